The van der Waals surface area contributed by atoms with Crippen molar-refractivity contribution >= 4 is 11.8 Å². The number of hydrogen-bond acceptors (Lipinski definition) is 5. The first-order chi connectivity index (χ1) is 15.2. The molecule has 5 heteroatoms. The Labute approximate surface area is 190 Å². The normalized spacial score (nSPS) is 40.3. The van der Waals surface area contributed by atoms with Crippen LogP contribution in [0.25, 0.3) is 0 Å². The molecule has 5 rings (SSSR count). The van der Waals surface area contributed by atoms with Crippen LogP contribution in [0, 0.1) is 28.6 Å². The average Bonchev–Trinajstić information content (AvgIpc) is 2.75. The van der Waals surface area contributed by atoms with Crippen molar-refractivity contribution in [1.29, 1.82) is 0 Å². The molecule has 2 unspecified atom stereocenters. The van der Waals surface area contributed by atoms with Crippen LogP contribution >= 0.6 is 0 Å². The van der Waals surface area contributed by atoms with E-state index in [4.69, 9.17) is 9.47 Å². The lowest BCUT2D eigenvalue weighted by atomic mass is 9.48. The highest BCUT2D eigenvalue weighted by Gasteiger charge is 2.65. The molecule has 0 spiro atoms. The minimum Gasteiger partial charge on any atom is -0.458 e. The second-order valence-corrected chi connectivity index (χ2v) is 11.1. The highest BCUT2D eigenvalue weighted by molar-refractivity contribution is 5.90. The monoisotopic (exact) mass is 438 g/mol. The molecule has 1 N–H and O–H groups in total. The van der Waals surface area contributed by atoms with E-state index in [-0.39, 0.29) is 41.0 Å². The van der Waals surface area contributed by atoms with E-state index < -0.39 is 17.6 Å². The number of ketones is 1. The van der Waals surface area contributed by atoms with E-state index in [2.05, 4.69) is 20.8 Å². The van der Waals surface area contributed by atoms with Crippen LogP contribution in [0.5, 0.6) is 0 Å². The number of ether oxygens (including phenoxy) is 2. The second-order valence-electron chi connectivity index (χ2n) is 11.1. The molecule has 0 aromatic heterocycles. The molecule has 2 saturated carbocycles. The summed E-state index contributed by atoms with van der Waals surface area (Å²) in [4.78, 5) is 27.2. The minimum absolute atomic E-state index is 0.0725. The Morgan fingerprint density at radius 1 is 1.19 bits per heavy atom. The van der Waals surface area contributed by atoms with Crippen molar-refractivity contribution in [2.24, 2.45) is 28.6 Å². The highest BCUT2D eigenvalue weighted by atomic mass is 16.5. The zero-order valence-corrected chi connectivity index (χ0v) is 19.5. The molecule has 1 aliphatic heterocycles. The average molecular weight is 439 g/mol. The number of fused-ring (bicyclic) bond motifs is 5. The molecule has 7 atom stereocenters. The first-order valence-electron chi connectivity index (χ1n) is 11.9. The Kier molecular flexibility index (Phi) is 5.14. The van der Waals surface area contributed by atoms with Gasteiger partial charge in [-0.05, 0) is 44.2 Å². The molecule has 3 aliphatic carbocycles. The summed E-state index contributed by atoms with van der Waals surface area (Å²) in [5.41, 5.74) is 1.73. The fourth-order valence-corrected chi connectivity index (χ4v) is 7.14. The number of hydrogen-bond donors (Lipinski definition) is 1. The van der Waals surface area contributed by atoms with Gasteiger partial charge in [-0.1, -0.05) is 43.2 Å². The Bertz CT molecular complexity index is 964. The molecule has 172 valence electrons. The highest BCUT2D eigenvalue weighted by Crippen LogP contribution is 2.60. The zero-order valence-electron chi connectivity index (χ0n) is 19.5. The number of aliphatic hydroxyl groups is 1. The van der Waals surface area contributed by atoms with Crippen molar-refractivity contribution in [3.63, 3.8) is 0 Å². The van der Waals surface area contributed by atoms with Gasteiger partial charge in [0.05, 0.1) is 29.8 Å². The van der Waals surface area contributed by atoms with E-state index in [0.717, 1.165) is 12.8 Å². The maximum absolute atomic E-state index is 13.9. The molecule has 3 fully saturated rings. The standard InChI is InChI=1S/C27H34O5/c1-15-10-11-18-24(32-25(30)16-8-6-5-7-9-16)23-17-14-31-20(17)13-22(29)27(23,4)21(28)12-19(15)26(18,2)3/h5-9,17-18,20,22-24,29H,10-14H2,1-4H3/t17-,18?,20-,22+,23?,24-,27-/m1/s1. The van der Waals surface area contributed by atoms with Crippen LogP contribution in [-0.2, 0) is 14.3 Å². The number of esters is 1. The molecular weight excluding hydrogens is 404 g/mol. The molecule has 1 aromatic carbocycles. The lowest BCUT2D eigenvalue weighted by Crippen LogP contribution is -2.68. The number of carbonyl (C=O) groups is 2. The van der Waals surface area contributed by atoms with E-state index in [0.29, 0.717) is 25.0 Å². The summed E-state index contributed by atoms with van der Waals surface area (Å²) >= 11 is 0. The summed E-state index contributed by atoms with van der Waals surface area (Å²) in [7, 11) is 0. The van der Waals surface area contributed by atoms with Crippen LogP contribution in [0.1, 0.15) is 63.7 Å². The van der Waals surface area contributed by atoms with Crippen LogP contribution in [0.4, 0.5) is 0 Å². The molecule has 0 amide bonds. The fraction of sp³-hybridized carbons (Fsp3) is 0.630. The van der Waals surface area contributed by atoms with Crippen molar-refractivity contribution < 1.29 is 24.2 Å². The molecule has 0 radical (unpaired) electrons. The maximum Gasteiger partial charge on any atom is 0.338 e. The molecule has 4 aliphatic rings. The van der Waals surface area contributed by atoms with Crippen molar-refractivity contribution in [2.75, 3.05) is 6.61 Å². The summed E-state index contributed by atoms with van der Waals surface area (Å²) in [5, 5.41) is 11.2. The van der Waals surface area contributed by atoms with Crippen molar-refractivity contribution in [2.45, 2.75) is 71.7 Å². The van der Waals surface area contributed by atoms with Gasteiger partial charge in [-0.2, -0.15) is 0 Å². The van der Waals surface area contributed by atoms with Crippen LogP contribution < -0.4 is 0 Å². The predicted octanol–water partition coefficient (Wildman–Crippen LogP) is 4.34. The summed E-state index contributed by atoms with van der Waals surface area (Å²) in [6.45, 7) is 8.98. The van der Waals surface area contributed by atoms with Gasteiger partial charge in [0.25, 0.3) is 0 Å². The fourth-order valence-electron chi connectivity index (χ4n) is 7.14. The second kappa shape index (κ2) is 7.53. The zero-order chi connectivity index (χ0) is 22.8. The predicted molar refractivity (Wildman–Crippen MR) is 120 cm³/mol. The number of aliphatic hydroxyl groups excluding tert-OH is 1. The van der Waals surface area contributed by atoms with E-state index >= 15 is 0 Å². The number of rotatable bonds is 2. The van der Waals surface area contributed by atoms with Gasteiger partial charge in [0.1, 0.15) is 11.9 Å². The van der Waals surface area contributed by atoms with E-state index in [1.54, 1.807) is 12.1 Å². The first-order valence-corrected chi connectivity index (χ1v) is 11.9. The number of allylic oxidation sites excluding steroid dienone is 2. The summed E-state index contributed by atoms with van der Waals surface area (Å²) in [6, 6.07) is 9.07. The molecule has 1 aromatic rings. The summed E-state index contributed by atoms with van der Waals surface area (Å²) in [5.74, 6) is -0.340. The van der Waals surface area contributed by atoms with Crippen LogP contribution in [0.3, 0.4) is 0 Å². The van der Waals surface area contributed by atoms with Gasteiger partial charge in [0.15, 0.2) is 0 Å². The van der Waals surface area contributed by atoms with Crippen molar-refractivity contribution in [3.8, 4) is 0 Å². The van der Waals surface area contributed by atoms with Gasteiger partial charge in [-0.25, -0.2) is 4.79 Å². The van der Waals surface area contributed by atoms with Crippen LogP contribution in [-0.4, -0.2) is 41.8 Å². The summed E-state index contributed by atoms with van der Waals surface area (Å²) in [6.07, 6.45) is 1.32. The van der Waals surface area contributed by atoms with E-state index in [9.17, 15) is 14.7 Å². The smallest absolute Gasteiger partial charge is 0.338 e. The van der Waals surface area contributed by atoms with Gasteiger partial charge in [0, 0.05) is 30.6 Å². The lowest BCUT2D eigenvalue weighted by Gasteiger charge is -2.61. The lowest BCUT2D eigenvalue weighted by molar-refractivity contribution is -0.248. The Morgan fingerprint density at radius 2 is 1.91 bits per heavy atom. The molecule has 32 heavy (non-hydrogen) atoms. The maximum atomic E-state index is 13.9. The molecule has 5 nitrogen and oxygen atoms in total. The third kappa shape index (κ3) is 3.04. The Balaban J connectivity index is 1.64. The first kappa shape index (κ1) is 21.8. The quantitative estimate of drug-likeness (QED) is 0.549. The third-order valence-electron chi connectivity index (χ3n) is 9.27. The minimum atomic E-state index is -0.954. The molecule has 1 saturated heterocycles. The van der Waals surface area contributed by atoms with E-state index in [1.807, 2.05) is 25.1 Å². The Morgan fingerprint density at radius 3 is 2.56 bits per heavy atom. The van der Waals surface area contributed by atoms with Crippen LogP contribution in [0.2, 0.25) is 0 Å². The number of Topliss-reactive ketones (excluding diaryl/α,β-unsaturated/α-hetero) is 1. The van der Waals surface area contributed by atoms with Gasteiger partial charge in [0.2, 0.25) is 0 Å². The Hall–Kier alpha value is -1.98. The number of carbonyl (C=O) groups excluding carboxylic acids is 2. The van der Waals surface area contributed by atoms with E-state index in [1.165, 1.54) is 11.1 Å². The topological polar surface area (TPSA) is 72.8 Å². The molecule has 2 bridgehead atoms. The van der Waals surface area contributed by atoms with Crippen molar-refractivity contribution in [3.05, 3.63) is 47.0 Å². The summed E-state index contributed by atoms with van der Waals surface area (Å²) < 4.78 is 12.2. The van der Waals surface area contributed by atoms with Crippen molar-refractivity contribution in [1.82, 2.24) is 0 Å². The SMILES string of the molecule is CC1=C2CC(=O)[C@@]3(C)C([C@H](OC(=O)c4ccccc4)C(CC1)C2(C)C)[C@@H]1CO[C@@H]1C[C@@H]3O. The number of benzene rings is 1. The van der Waals surface area contributed by atoms with Gasteiger partial charge in [-0.15, -0.1) is 0 Å². The largest absolute Gasteiger partial charge is 0.458 e. The molecular formula is C27H34O5. The van der Waals surface area contributed by atoms with Crippen LogP contribution in [0.15, 0.2) is 41.5 Å². The van der Waals surface area contributed by atoms with Gasteiger partial charge < -0.3 is 14.6 Å². The van der Waals surface area contributed by atoms with Gasteiger partial charge >= 0.3 is 5.97 Å². The third-order valence-corrected chi connectivity index (χ3v) is 9.27. The molecule has 1 heterocycles. The van der Waals surface area contributed by atoms with Gasteiger partial charge in [-0.3, -0.25) is 4.79 Å².